The minimum Gasteiger partial charge on any atom is -0.491 e. The second-order valence-corrected chi connectivity index (χ2v) is 5.38. The van der Waals surface area contributed by atoms with E-state index in [2.05, 4.69) is 5.32 Å². The van der Waals surface area contributed by atoms with Crippen LogP contribution < -0.4 is 21.3 Å². The van der Waals surface area contributed by atoms with E-state index >= 15 is 0 Å². The summed E-state index contributed by atoms with van der Waals surface area (Å²) >= 11 is 0. The van der Waals surface area contributed by atoms with Crippen molar-refractivity contribution in [1.29, 1.82) is 0 Å². The van der Waals surface area contributed by atoms with Gasteiger partial charge in [-0.2, -0.15) is 0 Å². The second kappa shape index (κ2) is 5.20. The zero-order valence-corrected chi connectivity index (χ0v) is 12.6. The molecule has 0 aliphatic carbocycles. The van der Waals surface area contributed by atoms with Gasteiger partial charge in [-0.05, 0) is 24.3 Å². The zero-order valence-electron chi connectivity index (χ0n) is 12.6. The highest BCUT2D eigenvalue weighted by Crippen LogP contribution is 2.21. The molecule has 6 nitrogen and oxygen atoms in total. The van der Waals surface area contributed by atoms with E-state index in [1.54, 1.807) is 47.0 Å². The van der Waals surface area contributed by atoms with Crippen molar-refractivity contribution in [1.82, 2.24) is 9.88 Å². The molecular weight excluding hydrogens is 268 g/mol. The van der Waals surface area contributed by atoms with Crippen LogP contribution in [-0.2, 0) is 11.8 Å². The summed E-state index contributed by atoms with van der Waals surface area (Å²) in [6.07, 6.45) is 0. The molecule has 0 atom stereocenters. The Morgan fingerprint density at radius 2 is 2.05 bits per heavy atom. The lowest BCUT2D eigenvalue weighted by molar-refractivity contribution is -0.126. The lowest BCUT2D eigenvalue weighted by Gasteiger charge is -2.25. The van der Waals surface area contributed by atoms with Crippen LogP contribution in [0.2, 0.25) is 0 Å². The number of carbonyl (C=O) groups excluding carboxylic acids is 1. The SMILES string of the molecule is BC(B)(Oc1cc2cc(N)ccc2n(C)c1=O)C(=O)NC. The van der Waals surface area contributed by atoms with Gasteiger partial charge < -0.3 is 20.4 Å². The van der Waals surface area contributed by atoms with Gasteiger partial charge in [0.15, 0.2) is 21.4 Å². The Kier molecular flexibility index (Phi) is 3.72. The summed E-state index contributed by atoms with van der Waals surface area (Å²) in [7, 11) is 6.39. The summed E-state index contributed by atoms with van der Waals surface area (Å²) in [4.78, 5) is 24.1. The number of amides is 1. The molecule has 1 heterocycles. The Morgan fingerprint density at radius 1 is 1.38 bits per heavy atom. The normalized spacial score (nSPS) is 11.3. The maximum atomic E-state index is 12.3. The van der Waals surface area contributed by atoms with Crippen LogP contribution in [0.25, 0.3) is 10.9 Å². The number of pyridine rings is 1. The molecule has 108 valence electrons. The van der Waals surface area contributed by atoms with Gasteiger partial charge in [-0.25, -0.2) is 0 Å². The fraction of sp³-hybridized carbons (Fsp3) is 0.231. The van der Waals surface area contributed by atoms with Crippen molar-refractivity contribution >= 4 is 38.2 Å². The number of aromatic nitrogens is 1. The third-order valence-electron chi connectivity index (χ3n) is 3.35. The Balaban J connectivity index is 2.57. The summed E-state index contributed by atoms with van der Waals surface area (Å²) in [6.45, 7) is 0. The summed E-state index contributed by atoms with van der Waals surface area (Å²) in [6, 6.07) is 6.88. The molecule has 2 aromatic rings. The molecule has 1 aromatic carbocycles. The number of aryl methyl sites for hydroxylation is 1. The number of rotatable bonds is 3. The van der Waals surface area contributed by atoms with E-state index in [1.807, 2.05) is 0 Å². The van der Waals surface area contributed by atoms with E-state index in [1.165, 1.54) is 11.6 Å². The highest BCUT2D eigenvalue weighted by Gasteiger charge is 2.29. The molecule has 3 N–H and O–H groups in total. The number of nitrogen functional groups attached to an aromatic ring is 1. The predicted molar refractivity (Wildman–Crippen MR) is 88.1 cm³/mol. The van der Waals surface area contributed by atoms with Crippen LogP contribution in [0.4, 0.5) is 5.69 Å². The molecule has 1 aromatic heterocycles. The average molecular weight is 285 g/mol. The third-order valence-corrected chi connectivity index (χ3v) is 3.35. The molecule has 0 aliphatic heterocycles. The number of nitrogens with one attached hydrogen (secondary N) is 1. The Hall–Kier alpha value is -2.37. The molecule has 21 heavy (non-hydrogen) atoms. The first-order chi connectivity index (χ1) is 9.76. The van der Waals surface area contributed by atoms with Gasteiger partial charge >= 0.3 is 0 Å². The van der Waals surface area contributed by atoms with Crippen LogP contribution in [0.5, 0.6) is 5.75 Å². The number of nitrogens with two attached hydrogens (primary N) is 1. The van der Waals surface area contributed by atoms with Crippen molar-refractivity contribution in [3.8, 4) is 5.75 Å². The molecule has 1 amide bonds. The van der Waals surface area contributed by atoms with Crippen molar-refractivity contribution in [2.45, 2.75) is 5.40 Å². The molecule has 2 rings (SSSR count). The minimum atomic E-state index is -1.14. The lowest BCUT2D eigenvalue weighted by atomic mass is 9.64. The maximum absolute atomic E-state index is 12.3. The molecule has 0 fully saturated rings. The average Bonchev–Trinajstić information content (AvgIpc) is 2.43. The number of nitrogens with zero attached hydrogens (tertiary/aromatic N) is 1. The smallest absolute Gasteiger partial charge is 0.293 e. The van der Waals surface area contributed by atoms with Gasteiger partial charge in [0.1, 0.15) is 5.40 Å². The highest BCUT2D eigenvalue weighted by molar-refractivity contribution is 6.50. The van der Waals surface area contributed by atoms with E-state index in [-0.39, 0.29) is 17.2 Å². The molecular formula is C13H17B2N3O3. The van der Waals surface area contributed by atoms with Gasteiger partial charge in [0, 0.05) is 25.2 Å². The molecule has 0 spiro atoms. The zero-order chi connectivity index (χ0) is 15.8. The van der Waals surface area contributed by atoms with Crippen molar-refractivity contribution in [2.24, 2.45) is 7.05 Å². The van der Waals surface area contributed by atoms with E-state index in [0.717, 1.165) is 10.9 Å². The van der Waals surface area contributed by atoms with Crippen molar-refractivity contribution < 1.29 is 9.53 Å². The standard InChI is InChI=1S/C13H17B2N3O3/c1-17-12(20)13(14,15)21-10-6-7-5-8(16)3-4-9(7)18(2)11(10)19/h3-6H,14-16H2,1-2H3,(H,17,20). The van der Waals surface area contributed by atoms with Gasteiger partial charge in [-0.3, -0.25) is 9.59 Å². The number of fused-ring (bicyclic) bond motifs is 1. The summed E-state index contributed by atoms with van der Waals surface area (Å²) in [5.41, 5.74) is 6.81. The van der Waals surface area contributed by atoms with Gasteiger partial charge in [0.05, 0.1) is 5.52 Å². The molecule has 0 aliphatic rings. The number of hydrogen-bond donors (Lipinski definition) is 2. The van der Waals surface area contributed by atoms with E-state index in [9.17, 15) is 9.59 Å². The van der Waals surface area contributed by atoms with Gasteiger partial charge in [0.2, 0.25) is 5.91 Å². The molecule has 0 saturated carbocycles. The fourth-order valence-electron chi connectivity index (χ4n) is 2.17. The Labute approximate surface area is 124 Å². The summed E-state index contributed by atoms with van der Waals surface area (Å²) < 4.78 is 7.10. The first kappa shape index (κ1) is 15.0. The molecule has 0 saturated heterocycles. The number of hydrogen-bond acceptors (Lipinski definition) is 4. The molecule has 0 bridgehead atoms. The van der Waals surface area contributed by atoms with Crippen molar-refractivity contribution in [3.63, 3.8) is 0 Å². The van der Waals surface area contributed by atoms with Gasteiger partial charge in [-0.1, -0.05) is 0 Å². The van der Waals surface area contributed by atoms with Crippen molar-refractivity contribution in [2.75, 3.05) is 12.8 Å². The van der Waals surface area contributed by atoms with Gasteiger partial charge in [0.25, 0.3) is 5.56 Å². The number of likely N-dealkylation sites (N-methyl/N-ethyl adjacent to an activating group) is 1. The molecule has 8 heteroatoms. The van der Waals surface area contributed by atoms with Crippen LogP contribution in [0.3, 0.4) is 0 Å². The van der Waals surface area contributed by atoms with Crippen LogP contribution in [-0.4, -0.2) is 38.6 Å². The van der Waals surface area contributed by atoms with E-state index < -0.39 is 5.40 Å². The quantitative estimate of drug-likeness (QED) is 0.513. The fourth-order valence-corrected chi connectivity index (χ4v) is 2.17. The maximum Gasteiger partial charge on any atom is 0.293 e. The monoisotopic (exact) mass is 285 g/mol. The van der Waals surface area contributed by atoms with Crippen LogP contribution >= 0.6 is 0 Å². The highest BCUT2D eigenvalue weighted by atomic mass is 16.5. The number of carbonyl (C=O) groups is 1. The third kappa shape index (κ3) is 2.74. The van der Waals surface area contributed by atoms with Crippen LogP contribution in [0, 0.1) is 0 Å². The van der Waals surface area contributed by atoms with Crippen LogP contribution in [0.1, 0.15) is 0 Å². The first-order valence-corrected chi connectivity index (χ1v) is 6.56. The van der Waals surface area contributed by atoms with E-state index in [4.69, 9.17) is 10.5 Å². The minimum absolute atomic E-state index is 0.115. The number of benzene rings is 1. The number of ether oxygens (including phenoxy) is 1. The first-order valence-electron chi connectivity index (χ1n) is 6.56. The lowest BCUT2D eigenvalue weighted by Crippen LogP contribution is -2.52. The second-order valence-electron chi connectivity index (χ2n) is 5.38. The molecule has 0 radical (unpaired) electrons. The van der Waals surface area contributed by atoms with Gasteiger partial charge in [-0.15, -0.1) is 0 Å². The Morgan fingerprint density at radius 3 is 2.67 bits per heavy atom. The predicted octanol–water partition coefficient (Wildman–Crippen LogP) is -1.83. The summed E-state index contributed by atoms with van der Waals surface area (Å²) in [5.74, 6) is -0.193. The molecule has 0 unspecified atom stereocenters. The van der Waals surface area contributed by atoms with Crippen molar-refractivity contribution in [3.05, 3.63) is 34.6 Å². The Bertz CT molecular complexity index is 771. The largest absolute Gasteiger partial charge is 0.491 e. The van der Waals surface area contributed by atoms with Crippen LogP contribution in [0.15, 0.2) is 29.1 Å². The number of anilines is 1. The summed E-state index contributed by atoms with van der Waals surface area (Å²) in [5, 5.41) is 2.15. The van der Waals surface area contributed by atoms with E-state index in [0.29, 0.717) is 5.69 Å². The topological polar surface area (TPSA) is 86.3 Å².